The second kappa shape index (κ2) is 3.56. The van der Waals surface area contributed by atoms with E-state index in [1.807, 2.05) is 17.2 Å². The molecule has 0 aromatic heterocycles. The van der Waals surface area contributed by atoms with Gasteiger partial charge in [0.1, 0.15) is 0 Å². The van der Waals surface area contributed by atoms with E-state index >= 15 is 0 Å². The minimum absolute atomic E-state index is 0.125. The lowest BCUT2D eigenvalue weighted by Gasteiger charge is -2.15. The summed E-state index contributed by atoms with van der Waals surface area (Å²) in [4.78, 5) is 2.01. The van der Waals surface area contributed by atoms with Gasteiger partial charge in [0.15, 0.2) is 0 Å². The number of nitrogens with two attached hydrogens (primary N) is 1. The zero-order chi connectivity index (χ0) is 10.9. The van der Waals surface area contributed by atoms with Gasteiger partial charge in [0.2, 0.25) is 10.0 Å². The highest BCUT2D eigenvalue weighted by Gasteiger charge is 2.11. The molecule has 0 bridgehead atoms. The van der Waals surface area contributed by atoms with Crippen molar-refractivity contribution in [2.75, 3.05) is 11.6 Å². The molecule has 3 N–H and O–H groups in total. The van der Waals surface area contributed by atoms with Crippen LogP contribution in [0.15, 0.2) is 41.6 Å². The Balaban J connectivity index is 2.38. The molecular formula is C9H11N3O2S. The fraction of sp³-hybridized carbons (Fsp3) is 0.111. The van der Waals surface area contributed by atoms with Gasteiger partial charge in [-0.05, 0) is 18.2 Å². The summed E-state index contributed by atoms with van der Waals surface area (Å²) in [6, 6.07) is 6.52. The molecule has 1 aromatic carbocycles. The SMILES string of the molecule is NS(=O)(=O)c1cccc(N2C=CNC2)c1. The van der Waals surface area contributed by atoms with Gasteiger partial charge in [-0.3, -0.25) is 0 Å². The molecule has 0 fully saturated rings. The summed E-state index contributed by atoms with van der Waals surface area (Å²) in [5.74, 6) is 0. The summed E-state index contributed by atoms with van der Waals surface area (Å²) >= 11 is 0. The van der Waals surface area contributed by atoms with Crippen LogP contribution in [0.5, 0.6) is 0 Å². The van der Waals surface area contributed by atoms with Crippen molar-refractivity contribution in [2.24, 2.45) is 5.14 Å². The predicted octanol–water partition coefficient (Wildman–Crippen LogP) is 0.172. The van der Waals surface area contributed by atoms with Crippen molar-refractivity contribution in [3.63, 3.8) is 0 Å². The largest absolute Gasteiger partial charge is 0.372 e. The normalized spacial score (nSPS) is 15.4. The maximum atomic E-state index is 11.1. The molecule has 0 aliphatic carbocycles. The third-order valence-corrected chi connectivity index (χ3v) is 3.02. The van der Waals surface area contributed by atoms with Crippen molar-refractivity contribution < 1.29 is 8.42 Å². The van der Waals surface area contributed by atoms with E-state index < -0.39 is 10.0 Å². The number of nitrogens with one attached hydrogen (secondary N) is 1. The fourth-order valence-electron chi connectivity index (χ4n) is 1.36. The Morgan fingerprint density at radius 3 is 2.80 bits per heavy atom. The van der Waals surface area contributed by atoms with Crippen LogP contribution in [-0.2, 0) is 10.0 Å². The van der Waals surface area contributed by atoms with Crippen LogP contribution in [0, 0.1) is 0 Å². The van der Waals surface area contributed by atoms with Crippen LogP contribution in [0.25, 0.3) is 0 Å². The van der Waals surface area contributed by atoms with Gasteiger partial charge < -0.3 is 10.2 Å². The molecule has 0 atom stereocenters. The van der Waals surface area contributed by atoms with Gasteiger partial charge in [-0.1, -0.05) is 6.07 Å². The molecule has 0 spiro atoms. The first-order chi connectivity index (χ1) is 7.07. The van der Waals surface area contributed by atoms with E-state index in [2.05, 4.69) is 5.32 Å². The van der Waals surface area contributed by atoms with Gasteiger partial charge >= 0.3 is 0 Å². The number of nitrogens with zero attached hydrogens (tertiary/aromatic N) is 1. The molecule has 80 valence electrons. The Kier molecular flexibility index (Phi) is 2.37. The van der Waals surface area contributed by atoms with E-state index in [-0.39, 0.29) is 4.90 Å². The number of rotatable bonds is 2. The number of primary sulfonamides is 1. The second-order valence-electron chi connectivity index (χ2n) is 3.19. The first kappa shape index (κ1) is 10.0. The second-order valence-corrected chi connectivity index (χ2v) is 4.75. The Labute approximate surface area is 88.2 Å². The molecular weight excluding hydrogens is 214 g/mol. The Morgan fingerprint density at radius 2 is 2.20 bits per heavy atom. The summed E-state index contributed by atoms with van der Waals surface area (Å²) in [7, 11) is -3.63. The molecule has 0 radical (unpaired) electrons. The average Bonchev–Trinajstić information content (AvgIpc) is 2.69. The van der Waals surface area contributed by atoms with Crippen LogP contribution in [0.4, 0.5) is 5.69 Å². The Bertz CT molecular complexity index is 496. The number of anilines is 1. The van der Waals surface area contributed by atoms with Gasteiger partial charge in [0, 0.05) is 18.1 Å². The van der Waals surface area contributed by atoms with Gasteiger partial charge in [0.25, 0.3) is 0 Å². The highest BCUT2D eigenvalue weighted by molar-refractivity contribution is 7.89. The van der Waals surface area contributed by atoms with Gasteiger partial charge in [-0.25, -0.2) is 13.6 Å². The summed E-state index contributed by atoms with van der Waals surface area (Å²) in [6.45, 7) is 0.633. The lowest BCUT2D eigenvalue weighted by Crippen LogP contribution is -2.20. The van der Waals surface area contributed by atoms with Crippen molar-refractivity contribution in [2.45, 2.75) is 4.90 Å². The van der Waals surface area contributed by atoms with Crippen molar-refractivity contribution >= 4 is 15.7 Å². The molecule has 15 heavy (non-hydrogen) atoms. The van der Waals surface area contributed by atoms with Gasteiger partial charge in [-0.15, -0.1) is 0 Å². The van der Waals surface area contributed by atoms with Crippen LogP contribution in [0.3, 0.4) is 0 Å². The molecule has 0 unspecified atom stereocenters. The number of sulfonamides is 1. The molecule has 5 nitrogen and oxygen atoms in total. The highest BCUT2D eigenvalue weighted by atomic mass is 32.2. The summed E-state index contributed by atoms with van der Waals surface area (Å²) in [5.41, 5.74) is 0.794. The van der Waals surface area contributed by atoms with E-state index in [0.29, 0.717) is 6.67 Å². The van der Waals surface area contributed by atoms with E-state index in [4.69, 9.17) is 5.14 Å². The summed E-state index contributed by atoms with van der Waals surface area (Å²) in [6.07, 6.45) is 3.63. The maximum Gasteiger partial charge on any atom is 0.238 e. The Morgan fingerprint density at radius 1 is 1.40 bits per heavy atom. The number of benzene rings is 1. The minimum Gasteiger partial charge on any atom is -0.372 e. The molecule has 1 aromatic rings. The molecule has 0 saturated heterocycles. The summed E-state index contributed by atoms with van der Waals surface area (Å²) in [5, 5.41) is 8.04. The highest BCUT2D eigenvalue weighted by Crippen LogP contribution is 2.19. The first-order valence-electron chi connectivity index (χ1n) is 4.37. The maximum absolute atomic E-state index is 11.1. The number of hydrogen-bond donors (Lipinski definition) is 2. The van der Waals surface area contributed by atoms with Gasteiger partial charge in [-0.2, -0.15) is 0 Å². The smallest absolute Gasteiger partial charge is 0.238 e. The van der Waals surface area contributed by atoms with Crippen molar-refractivity contribution in [1.29, 1.82) is 0 Å². The van der Waals surface area contributed by atoms with Crippen LogP contribution >= 0.6 is 0 Å². The van der Waals surface area contributed by atoms with E-state index in [0.717, 1.165) is 5.69 Å². The third kappa shape index (κ3) is 2.11. The third-order valence-electron chi connectivity index (χ3n) is 2.11. The molecule has 2 rings (SSSR count). The van der Waals surface area contributed by atoms with Crippen LogP contribution in [0.1, 0.15) is 0 Å². The quantitative estimate of drug-likeness (QED) is 0.752. The van der Waals surface area contributed by atoms with Crippen LogP contribution in [0.2, 0.25) is 0 Å². The van der Waals surface area contributed by atoms with Crippen molar-refractivity contribution in [3.8, 4) is 0 Å². The van der Waals surface area contributed by atoms with Gasteiger partial charge in [0.05, 0.1) is 11.6 Å². The lowest BCUT2D eigenvalue weighted by molar-refractivity contribution is 0.598. The predicted molar refractivity (Wildman–Crippen MR) is 57.4 cm³/mol. The standard InChI is InChI=1S/C9H11N3O2S/c10-15(13,14)9-3-1-2-8(6-9)12-5-4-11-7-12/h1-6,11H,7H2,(H2,10,13,14). The van der Waals surface area contributed by atoms with Crippen molar-refractivity contribution in [3.05, 3.63) is 36.7 Å². The summed E-state index contributed by atoms with van der Waals surface area (Å²) < 4.78 is 22.3. The van der Waals surface area contributed by atoms with Crippen LogP contribution < -0.4 is 15.4 Å². The van der Waals surface area contributed by atoms with Crippen molar-refractivity contribution in [1.82, 2.24) is 5.32 Å². The molecule has 0 saturated carbocycles. The fourth-order valence-corrected chi connectivity index (χ4v) is 1.92. The topological polar surface area (TPSA) is 75.4 Å². The van der Waals surface area contributed by atoms with Crippen LogP contribution in [-0.4, -0.2) is 15.1 Å². The monoisotopic (exact) mass is 225 g/mol. The zero-order valence-electron chi connectivity index (χ0n) is 7.92. The van der Waals surface area contributed by atoms with E-state index in [9.17, 15) is 8.42 Å². The minimum atomic E-state index is -3.63. The molecule has 1 aliphatic heterocycles. The Hall–Kier alpha value is -1.53. The molecule has 0 amide bonds. The average molecular weight is 225 g/mol. The number of hydrogen-bond acceptors (Lipinski definition) is 4. The molecule has 1 aliphatic rings. The van der Waals surface area contributed by atoms with E-state index in [1.54, 1.807) is 18.3 Å². The molecule has 1 heterocycles. The lowest BCUT2D eigenvalue weighted by atomic mass is 10.3. The molecule has 6 heteroatoms. The zero-order valence-corrected chi connectivity index (χ0v) is 8.74. The van der Waals surface area contributed by atoms with E-state index in [1.165, 1.54) is 6.07 Å². The first-order valence-corrected chi connectivity index (χ1v) is 5.91.